The highest BCUT2D eigenvalue weighted by atomic mass is 16.6. The van der Waals surface area contributed by atoms with Gasteiger partial charge in [0.05, 0.1) is 6.61 Å². The first-order chi connectivity index (χ1) is 19.6. The number of unbranched alkanes of at least 4 members (excludes halogenated alkanes) is 18. The van der Waals surface area contributed by atoms with Crippen LogP contribution in [0.2, 0.25) is 0 Å². The Hall–Kier alpha value is -1.29. The third-order valence-corrected chi connectivity index (χ3v) is 7.64. The predicted molar refractivity (Wildman–Crippen MR) is 177 cm³/mol. The van der Waals surface area contributed by atoms with Crippen LogP contribution in [0.3, 0.4) is 0 Å². The number of hydrogen-bond acceptors (Lipinski definition) is 3. The first-order valence-electron chi connectivity index (χ1n) is 17.5. The van der Waals surface area contributed by atoms with E-state index in [0.717, 1.165) is 45.3 Å². The van der Waals surface area contributed by atoms with Crippen molar-refractivity contribution in [3.63, 3.8) is 0 Å². The fraction of sp³-hybridized carbons (Fsp3) is 0.861. The van der Waals surface area contributed by atoms with Crippen LogP contribution in [0, 0.1) is 0 Å². The second-order valence-corrected chi connectivity index (χ2v) is 12.0. The highest BCUT2D eigenvalue weighted by Gasteiger charge is 2.14. The highest BCUT2D eigenvalue weighted by Crippen LogP contribution is 2.13. The van der Waals surface area contributed by atoms with Gasteiger partial charge in [0.25, 0.3) is 0 Å². The molecule has 0 saturated carbocycles. The molecule has 0 aliphatic carbocycles. The number of nitrogens with zero attached hydrogens (tertiary/aromatic N) is 2. The first-order valence-corrected chi connectivity index (χ1v) is 17.5. The van der Waals surface area contributed by atoms with Crippen LogP contribution >= 0.6 is 0 Å². The van der Waals surface area contributed by atoms with Crippen LogP contribution in [-0.2, 0) is 4.74 Å². The lowest BCUT2D eigenvalue weighted by molar-refractivity contribution is 0.0976. The summed E-state index contributed by atoms with van der Waals surface area (Å²) in [5.41, 5.74) is 0. The molecule has 0 aliphatic rings. The van der Waals surface area contributed by atoms with E-state index >= 15 is 0 Å². The van der Waals surface area contributed by atoms with E-state index in [1.54, 1.807) is 0 Å². The van der Waals surface area contributed by atoms with Crippen LogP contribution in [0.5, 0.6) is 0 Å². The molecule has 0 aliphatic heterocycles. The van der Waals surface area contributed by atoms with Gasteiger partial charge >= 0.3 is 6.09 Å². The van der Waals surface area contributed by atoms with Crippen molar-refractivity contribution in [3.8, 4) is 0 Å². The van der Waals surface area contributed by atoms with E-state index in [1.165, 1.54) is 122 Å². The molecule has 0 aromatic rings. The molecular formula is C36H70N2O2. The molecule has 0 aromatic heterocycles. The zero-order valence-electron chi connectivity index (χ0n) is 27.6. The van der Waals surface area contributed by atoms with Crippen molar-refractivity contribution >= 4 is 6.09 Å². The predicted octanol–water partition coefficient (Wildman–Crippen LogP) is 11.1. The highest BCUT2D eigenvalue weighted by molar-refractivity contribution is 5.67. The second kappa shape index (κ2) is 32.2. The number of amides is 1. The molecule has 0 rings (SSSR count). The zero-order chi connectivity index (χ0) is 29.4. The standard InChI is InChI=1S/C36H70N2O2/c1-5-7-9-11-13-15-17-18-19-20-21-22-24-26-28-30-34-38(36(39)40-35-31-32-37(3)4)33-29-27-25-23-16-14-12-10-8-6-2/h13,15,18-19H,5-12,14,16-17,20-35H2,1-4H3/b15-13-,19-18-. The van der Waals surface area contributed by atoms with Gasteiger partial charge in [0.2, 0.25) is 0 Å². The normalized spacial score (nSPS) is 11.8. The van der Waals surface area contributed by atoms with Crippen LogP contribution in [0.1, 0.15) is 162 Å². The Morgan fingerprint density at radius 2 is 0.950 bits per heavy atom. The van der Waals surface area contributed by atoms with Gasteiger partial charge in [-0.2, -0.15) is 0 Å². The summed E-state index contributed by atoms with van der Waals surface area (Å²) >= 11 is 0. The third-order valence-electron chi connectivity index (χ3n) is 7.64. The summed E-state index contributed by atoms with van der Waals surface area (Å²) in [4.78, 5) is 16.9. The molecule has 1 amide bonds. The number of hydrogen-bond donors (Lipinski definition) is 0. The summed E-state index contributed by atoms with van der Waals surface area (Å²) in [6.07, 6.45) is 38.3. The third kappa shape index (κ3) is 29.7. The van der Waals surface area contributed by atoms with E-state index in [9.17, 15) is 4.79 Å². The molecule has 0 N–H and O–H groups in total. The molecule has 0 fully saturated rings. The average molecular weight is 563 g/mol. The van der Waals surface area contributed by atoms with Crippen LogP contribution in [-0.4, -0.2) is 56.2 Å². The van der Waals surface area contributed by atoms with E-state index in [1.807, 2.05) is 4.90 Å². The number of carbonyl (C=O) groups is 1. The van der Waals surface area contributed by atoms with Crippen molar-refractivity contribution in [3.05, 3.63) is 24.3 Å². The van der Waals surface area contributed by atoms with Gasteiger partial charge in [-0.1, -0.05) is 134 Å². The maximum Gasteiger partial charge on any atom is 0.409 e. The van der Waals surface area contributed by atoms with Crippen molar-refractivity contribution in [2.24, 2.45) is 0 Å². The van der Waals surface area contributed by atoms with E-state index in [4.69, 9.17) is 4.74 Å². The Bertz CT molecular complexity index is 573. The fourth-order valence-corrected chi connectivity index (χ4v) is 5.01. The van der Waals surface area contributed by atoms with Gasteiger partial charge in [-0.05, 0) is 65.5 Å². The van der Waals surface area contributed by atoms with Crippen molar-refractivity contribution < 1.29 is 9.53 Å². The van der Waals surface area contributed by atoms with Crippen molar-refractivity contribution in [1.82, 2.24) is 9.80 Å². The summed E-state index contributed by atoms with van der Waals surface area (Å²) in [7, 11) is 4.12. The molecule has 0 aromatic carbocycles. The Kier molecular flexibility index (Phi) is 31.2. The minimum Gasteiger partial charge on any atom is -0.449 e. The summed E-state index contributed by atoms with van der Waals surface area (Å²) in [6.45, 7) is 7.71. The molecule has 4 heteroatoms. The second-order valence-electron chi connectivity index (χ2n) is 12.0. The van der Waals surface area contributed by atoms with Crippen molar-refractivity contribution in [2.45, 2.75) is 162 Å². The molecule has 0 bridgehead atoms. The number of rotatable bonds is 30. The largest absolute Gasteiger partial charge is 0.449 e. The summed E-state index contributed by atoms with van der Waals surface area (Å²) in [5, 5.41) is 0. The fourth-order valence-electron chi connectivity index (χ4n) is 5.01. The van der Waals surface area contributed by atoms with Crippen molar-refractivity contribution in [2.75, 3.05) is 40.3 Å². The lowest BCUT2D eigenvalue weighted by Gasteiger charge is -2.22. The molecule has 40 heavy (non-hydrogen) atoms. The Morgan fingerprint density at radius 3 is 1.45 bits per heavy atom. The number of allylic oxidation sites excluding steroid dienone is 4. The summed E-state index contributed by atoms with van der Waals surface area (Å²) in [6, 6.07) is 0. The van der Waals surface area contributed by atoms with Crippen LogP contribution in [0.4, 0.5) is 4.79 Å². The van der Waals surface area contributed by atoms with Crippen molar-refractivity contribution in [1.29, 1.82) is 0 Å². The van der Waals surface area contributed by atoms with Crippen LogP contribution in [0.15, 0.2) is 24.3 Å². The number of carbonyl (C=O) groups excluding carboxylic acids is 1. The van der Waals surface area contributed by atoms with Gasteiger partial charge in [-0.25, -0.2) is 4.79 Å². The smallest absolute Gasteiger partial charge is 0.409 e. The Labute approximate surface area is 251 Å². The number of ether oxygens (including phenoxy) is 1. The van der Waals surface area contributed by atoms with Gasteiger partial charge in [0.1, 0.15) is 0 Å². The van der Waals surface area contributed by atoms with Gasteiger partial charge < -0.3 is 14.5 Å². The monoisotopic (exact) mass is 563 g/mol. The van der Waals surface area contributed by atoms with Crippen LogP contribution in [0.25, 0.3) is 0 Å². The summed E-state index contributed by atoms with van der Waals surface area (Å²) < 4.78 is 5.63. The lowest BCUT2D eigenvalue weighted by atomic mass is 10.1. The van der Waals surface area contributed by atoms with E-state index in [-0.39, 0.29) is 6.09 Å². The molecular weight excluding hydrogens is 492 g/mol. The minimum atomic E-state index is -0.0997. The molecule has 236 valence electrons. The molecule has 0 saturated heterocycles. The maximum absolute atomic E-state index is 12.8. The van der Waals surface area contributed by atoms with Gasteiger partial charge in [-0.3, -0.25) is 0 Å². The molecule has 0 atom stereocenters. The molecule has 0 unspecified atom stereocenters. The maximum atomic E-state index is 12.8. The quantitative estimate of drug-likeness (QED) is 0.0644. The van der Waals surface area contributed by atoms with E-state index in [0.29, 0.717) is 6.61 Å². The zero-order valence-corrected chi connectivity index (χ0v) is 27.6. The first kappa shape index (κ1) is 38.7. The molecule has 0 heterocycles. The van der Waals surface area contributed by atoms with Crippen LogP contribution < -0.4 is 0 Å². The minimum absolute atomic E-state index is 0.0997. The lowest BCUT2D eigenvalue weighted by Crippen LogP contribution is -2.34. The topological polar surface area (TPSA) is 32.8 Å². The van der Waals surface area contributed by atoms with Gasteiger partial charge in [-0.15, -0.1) is 0 Å². The SMILES string of the molecule is CCCCC/C=C\C/C=C\CCCCCCCCN(CCCCCCCCCCCC)C(=O)OCCCN(C)C. The Balaban J connectivity index is 3.99. The summed E-state index contributed by atoms with van der Waals surface area (Å²) in [5.74, 6) is 0. The van der Waals surface area contributed by atoms with Gasteiger partial charge in [0, 0.05) is 19.6 Å². The van der Waals surface area contributed by atoms with Gasteiger partial charge in [0.15, 0.2) is 0 Å². The molecule has 0 spiro atoms. The average Bonchev–Trinajstić information content (AvgIpc) is 2.94. The molecule has 4 nitrogen and oxygen atoms in total. The van der Waals surface area contributed by atoms with E-state index in [2.05, 4.69) is 57.1 Å². The Morgan fingerprint density at radius 1 is 0.525 bits per heavy atom. The molecule has 0 radical (unpaired) electrons. The van der Waals surface area contributed by atoms with E-state index < -0.39 is 0 Å².